The second-order valence-corrected chi connectivity index (χ2v) is 7.60. The minimum Gasteiger partial charge on any atom is -0.378 e. The van der Waals surface area contributed by atoms with Crippen molar-refractivity contribution in [2.45, 2.75) is 19.3 Å². The number of hydrogen-bond donors (Lipinski definition) is 2. The Morgan fingerprint density at radius 1 is 0.579 bits per heavy atom. The summed E-state index contributed by atoms with van der Waals surface area (Å²) in [5.74, 6) is -1.72. The molecule has 0 unspecified atom stereocenters. The molecule has 222 valence electrons. The first kappa shape index (κ1) is 34.2. The van der Waals surface area contributed by atoms with E-state index in [4.69, 9.17) is 47.9 Å². The molecule has 0 aromatic rings. The van der Waals surface area contributed by atoms with Crippen molar-refractivity contribution < 1.29 is 62.3 Å². The molecular weight excluding hydrogens is 512 g/mol. The monoisotopic (exact) mass is 554 g/mol. The van der Waals surface area contributed by atoms with E-state index >= 15 is 0 Å². The van der Waals surface area contributed by atoms with Crippen LogP contribution >= 0.6 is 0 Å². The molecule has 0 bridgehead atoms. The molecule has 1 rings (SSSR count). The summed E-state index contributed by atoms with van der Waals surface area (Å²) >= 11 is 0. The van der Waals surface area contributed by atoms with Crippen LogP contribution in [0.1, 0.15) is 19.3 Å². The maximum Gasteiger partial charge on any atom is 0.335 e. The van der Waals surface area contributed by atoms with E-state index in [-0.39, 0.29) is 32.5 Å². The van der Waals surface area contributed by atoms with Gasteiger partial charge in [-0.25, -0.2) is 10.3 Å². The third kappa shape index (κ3) is 20.2. The number of hydrogen-bond acceptors (Lipinski definition) is 14. The average Bonchev–Trinajstić information content (AvgIpc) is 3.22. The van der Waals surface area contributed by atoms with Crippen LogP contribution in [0.4, 0.5) is 0 Å². The first-order valence-electron chi connectivity index (χ1n) is 12.7. The van der Waals surface area contributed by atoms with Gasteiger partial charge >= 0.3 is 5.97 Å². The highest BCUT2D eigenvalue weighted by Crippen LogP contribution is 2.12. The van der Waals surface area contributed by atoms with Crippen molar-refractivity contribution in [3.63, 3.8) is 0 Å². The van der Waals surface area contributed by atoms with E-state index in [0.717, 1.165) is 0 Å². The summed E-state index contributed by atoms with van der Waals surface area (Å²) in [6, 6.07) is 0. The van der Waals surface area contributed by atoms with Crippen molar-refractivity contribution in [2.24, 2.45) is 0 Å². The van der Waals surface area contributed by atoms with Gasteiger partial charge in [-0.15, -0.1) is 5.06 Å². The van der Waals surface area contributed by atoms with Crippen LogP contribution in [0.3, 0.4) is 0 Å². The molecule has 1 aliphatic rings. The number of rotatable bonds is 28. The molecule has 0 aromatic carbocycles. The highest BCUT2D eigenvalue weighted by molar-refractivity contribution is 6.01. The average molecular weight is 555 g/mol. The van der Waals surface area contributed by atoms with Gasteiger partial charge in [0, 0.05) is 19.4 Å². The minimum atomic E-state index is -0.698. The first-order chi connectivity index (χ1) is 18.6. The van der Waals surface area contributed by atoms with E-state index < -0.39 is 17.8 Å². The number of imide groups is 1. The topological polar surface area (TPSA) is 170 Å². The third-order valence-corrected chi connectivity index (χ3v) is 4.61. The van der Waals surface area contributed by atoms with Gasteiger partial charge in [0.25, 0.3) is 11.8 Å². The molecule has 1 saturated heterocycles. The normalized spacial score (nSPS) is 13.6. The molecule has 2 N–H and O–H groups in total. The summed E-state index contributed by atoms with van der Waals surface area (Å²) in [5.41, 5.74) is 2.01. The number of carbonyl (C=O) groups is 3. The first-order valence-corrected chi connectivity index (χ1v) is 12.7. The zero-order valence-electron chi connectivity index (χ0n) is 21.9. The Hall–Kier alpha value is -1.79. The van der Waals surface area contributed by atoms with Gasteiger partial charge in [0.05, 0.1) is 112 Å². The maximum atomic E-state index is 11.6. The summed E-state index contributed by atoms with van der Waals surface area (Å²) in [4.78, 5) is 39.0. The Labute approximate surface area is 222 Å². The molecule has 15 heteroatoms. The highest BCUT2D eigenvalue weighted by atomic mass is 16.7. The predicted octanol–water partition coefficient (Wildman–Crippen LogP) is -0.905. The lowest BCUT2D eigenvalue weighted by molar-refractivity contribution is -0.198. The van der Waals surface area contributed by atoms with E-state index in [0.29, 0.717) is 104 Å². The molecule has 0 saturated carbocycles. The molecule has 2 amide bonds. The Morgan fingerprint density at radius 3 is 1.24 bits per heavy atom. The van der Waals surface area contributed by atoms with Crippen LogP contribution in [0.2, 0.25) is 0 Å². The molecule has 0 atom stereocenters. The van der Waals surface area contributed by atoms with Gasteiger partial charge in [0.15, 0.2) is 0 Å². The SMILES string of the molecule is O=C(CCOCCOCCOCCOCCOCCOCCOCCOCCNO)ON1C(=O)CCC1=O. The second-order valence-electron chi connectivity index (χ2n) is 7.60. The summed E-state index contributed by atoms with van der Waals surface area (Å²) in [6.45, 7) is 7.05. The van der Waals surface area contributed by atoms with E-state index in [1.165, 1.54) is 0 Å². The number of ether oxygens (including phenoxy) is 8. The molecule has 1 heterocycles. The van der Waals surface area contributed by atoms with Gasteiger partial charge in [0.2, 0.25) is 0 Å². The minimum absolute atomic E-state index is 0.0608. The number of amides is 2. The number of nitrogens with zero attached hydrogens (tertiary/aromatic N) is 1. The molecule has 0 aromatic heterocycles. The van der Waals surface area contributed by atoms with Crippen molar-refractivity contribution >= 4 is 17.8 Å². The molecule has 0 radical (unpaired) electrons. The Bertz CT molecular complexity index is 596. The molecule has 1 aliphatic heterocycles. The Kier molecular flexibility index (Phi) is 23.0. The van der Waals surface area contributed by atoms with Crippen LogP contribution in [-0.4, -0.2) is 140 Å². The van der Waals surface area contributed by atoms with Gasteiger partial charge in [-0.2, -0.15) is 0 Å². The third-order valence-electron chi connectivity index (χ3n) is 4.61. The molecular formula is C23H42N2O13. The number of hydroxylamine groups is 3. The zero-order valence-corrected chi connectivity index (χ0v) is 21.9. The van der Waals surface area contributed by atoms with Gasteiger partial charge < -0.3 is 47.9 Å². The largest absolute Gasteiger partial charge is 0.378 e. The standard InChI is InChI=1S/C23H42N2O13/c26-21-1-2-22(27)25(21)38-23(28)3-5-30-7-9-32-11-13-34-15-17-36-19-20-37-18-16-35-14-12-33-10-8-31-6-4-24-29/h24,29H,1-20H2. The van der Waals surface area contributed by atoms with E-state index in [1.54, 1.807) is 0 Å². The van der Waals surface area contributed by atoms with Crippen LogP contribution in [0.25, 0.3) is 0 Å². The lowest BCUT2D eigenvalue weighted by Gasteiger charge is -2.12. The smallest absolute Gasteiger partial charge is 0.335 e. The van der Waals surface area contributed by atoms with Gasteiger partial charge in [-0.05, 0) is 0 Å². The molecule has 0 spiro atoms. The van der Waals surface area contributed by atoms with Crippen LogP contribution in [0, 0.1) is 0 Å². The summed E-state index contributed by atoms with van der Waals surface area (Å²) < 4.78 is 42.7. The summed E-state index contributed by atoms with van der Waals surface area (Å²) in [7, 11) is 0. The van der Waals surface area contributed by atoms with Gasteiger partial charge in [-0.1, -0.05) is 0 Å². The van der Waals surface area contributed by atoms with E-state index in [1.807, 2.05) is 5.48 Å². The Morgan fingerprint density at radius 2 is 0.895 bits per heavy atom. The van der Waals surface area contributed by atoms with Crippen LogP contribution in [0.15, 0.2) is 0 Å². The Balaban J connectivity index is 1.69. The van der Waals surface area contributed by atoms with Crippen molar-refractivity contribution in [1.82, 2.24) is 10.5 Å². The highest BCUT2D eigenvalue weighted by Gasteiger charge is 2.32. The molecule has 1 fully saturated rings. The summed E-state index contributed by atoms with van der Waals surface area (Å²) in [6.07, 6.45) is 0.0500. The quantitative estimate of drug-likeness (QED) is 0.0692. The number of carbonyl (C=O) groups excluding carboxylic acids is 3. The summed E-state index contributed by atoms with van der Waals surface area (Å²) in [5, 5.41) is 8.88. The zero-order chi connectivity index (χ0) is 27.5. The van der Waals surface area contributed by atoms with Crippen molar-refractivity contribution in [2.75, 3.05) is 112 Å². The molecule has 38 heavy (non-hydrogen) atoms. The lowest BCUT2D eigenvalue weighted by atomic mass is 10.4. The van der Waals surface area contributed by atoms with Crippen molar-refractivity contribution in [1.29, 1.82) is 0 Å². The van der Waals surface area contributed by atoms with Crippen LogP contribution in [0.5, 0.6) is 0 Å². The molecule has 0 aliphatic carbocycles. The second kappa shape index (κ2) is 25.5. The van der Waals surface area contributed by atoms with Crippen LogP contribution < -0.4 is 5.48 Å². The lowest BCUT2D eigenvalue weighted by Crippen LogP contribution is -2.32. The van der Waals surface area contributed by atoms with E-state index in [9.17, 15) is 14.4 Å². The van der Waals surface area contributed by atoms with Gasteiger partial charge in [-0.3, -0.25) is 9.59 Å². The fourth-order valence-electron chi connectivity index (χ4n) is 2.72. The van der Waals surface area contributed by atoms with Crippen LogP contribution in [-0.2, 0) is 57.1 Å². The maximum absolute atomic E-state index is 11.6. The molecule has 15 nitrogen and oxygen atoms in total. The van der Waals surface area contributed by atoms with Gasteiger partial charge in [0.1, 0.15) is 0 Å². The van der Waals surface area contributed by atoms with Crippen molar-refractivity contribution in [3.8, 4) is 0 Å². The van der Waals surface area contributed by atoms with Crippen molar-refractivity contribution in [3.05, 3.63) is 0 Å². The van der Waals surface area contributed by atoms with E-state index in [2.05, 4.69) is 0 Å². The fraction of sp³-hybridized carbons (Fsp3) is 0.870. The predicted molar refractivity (Wildman–Crippen MR) is 128 cm³/mol. The number of nitrogens with one attached hydrogen (secondary N) is 1. The fourth-order valence-corrected chi connectivity index (χ4v) is 2.72.